The molecule has 2 N–H and O–H groups in total. The van der Waals surface area contributed by atoms with Gasteiger partial charge < -0.3 is 15.3 Å². The third-order valence-electron chi connectivity index (χ3n) is 6.10. The summed E-state index contributed by atoms with van der Waals surface area (Å²) in [6.07, 6.45) is 3.20. The Morgan fingerprint density at radius 3 is 2.90 bits per heavy atom. The molecule has 0 aliphatic carbocycles. The minimum Gasteiger partial charge on any atom is -0.507 e. The van der Waals surface area contributed by atoms with Gasteiger partial charge in [0.2, 0.25) is 0 Å². The SMILES string of the molecule is CN(c1cnc(-c2ccc(-c3csc(C#N)n3)cc2O)nn1)[C@H]1C[C@@H]2CC[C@@H](N2)[C@H]1F. The predicted octanol–water partition coefficient (Wildman–Crippen LogP) is 2.91. The van der Waals surface area contributed by atoms with Crippen LogP contribution in [0.25, 0.3) is 22.6 Å². The van der Waals surface area contributed by atoms with Crippen LogP contribution in [0.1, 0.15) is 24.3 Å². The van der Waals surface area contributed by atoms with E-state index in [2.05, 4.69) is 25.5 Å². The summed E-state index contributed by atoms with van der Waals surface area (Å²) in [4.78, 5) is 10.4. The lowest BCUT2D eigenvalue weighted by molar-refractivity contribution is 0.176. The Morgan fingerprint density at radius 1 is 1.32 bits per heavy atom. The fourth-order valence-corrected chi connectivity index (χ4v) is 5.03. The van der Waals surface area contributed by atoms with E-state index in [1.807, 2.05) is 18.0 Å². The monoisotopic (exact) mass is 437 g/mol. The third-order valence-corrected chi connectivity index (χ3v) is 6.84. The van der Waals surface area contributed by atoms with Gasteiger partial charge in [-0.25, -0.2) is 14.4 Å². The van der Waals surface area contributed by atoms with Crippen LogP contribution >= 0.6 is 11.3 Å². The van der Waals surface area contributed by atoms with Gasteiger partial charge in [0.1, 0.15) is 18.0 Å². The van der Waals surface area contributed by atoms with Gasteiger partial charge in [-0.15, -0.1) is 21.5 Å². The lowest BCUT2D eigenvalue weighted by atomic mass is 9.96. The number of piperidine rings is 1. The Labute approximate surface area is 182 Å². The topological polar surface area (TPSA) is 111 Å². The molecule has 0 amide bonds. The van der Waals surface area contributed by atoms with Crippen molar-refractivity contribution in [2.24, 2.45) is 0 Å². The number of rotatable bonds is 4. The summed E-state index contributed by atoms with van der Waals surface area (Å²) >= 11 is 1.25. The predicted molar refractivity (Wildman–Crippen MR) is 114 cm³/mol. The maximum absolute atomic E-state index is 14.8. The average molecular weight is 438 g/mol. The van der Waals surface area contributed by atoms with Gasteiger partial charge in [-0.1, -0.05) is 6.07 Å². The molecule has 10 heteroatoms. The van der Waals surface area contributed by atoms with Crippen molar-refractivity contribution in [1.82, 2.24) is 25.5 Å². The molecule has 1 aromatic carbocycles. The molecule has 31 heavy (non-hydrogen) atoms. The molecule has 0 saturated carbocycles. The zero-order valence-corrected chi connectivity index (χ0v) is 17.6. The van der Waals surface area contributed by atoms with Crippen molar-refractivity contribution in [3.63, 3.8) is 0 Å². The fraction of sp³-hybridized carbons (Fsp3) is 0.381. The standard InChI is InChI=1S/C21H20FN7OS/c1-29(16-7-12-3-5-14(25-12)20(16)22)18-9-24-21(28-27-18)13-4-2-11(6-17(13)30)15-10-31-19(8-23)26-15/h2,4,6,9-10,12,14,16,20,25,30H,3,5,7H2,1H3/t12-,14+,16-,20+/m0/s1. The Balaban J connectivity index is 1.35. The van der Waals surface area contributed by atoms with E-state index in [4.69, 9.17) is 5.26 Å². The lowest BCUT2D eigenvalue weighted by Gasteiger charge is -2.38. The molecule has 158 valence electrons. The van der Waals surface area contributed by atoms with Crippen molar-refractivity contribution in [2.75, 3.05) is 11.9 Å². The zero-order chi connectivity index (χ0) is 21.5. The van der Waals surface area contributed by atoms with Gasteiger partial charge in [0.05, 0.1) is 23.5 Å². The highest BCUT2D eigenvalue weighted by Gasteiger charge is 2.43. The van der Waals surface area contributed by atoms with Gasteiger partial charge in [-0.05, 0) is 31.4 Å². The van der Waals surface area contributed by atoms with Gasteiger partial charge in [-0.2, -0.15) is 5.26 Å². The van der Waals surface area contributed by atoms with Crippen LogP contribution < -0.4 is 10.2 Å². The second-order valence-electron chi connectivity index (χ2n) is 7.93. The van der Waals surface area contributed by atoms with Crippen LogP contribution in [0.4, 0.5) is 10.2 Å². The van der Waals surface area contributed by atoms with Gasteiger partial charge in [-0.3, -0.25) is 0 Å². The number of hydrogen-bond donors (Lipinski definition) is 2. The second-order valence-corrected chi connectivity index (χ2v) is 8.79. The first kappa shape index (κ1) is 19.8. The molecule has 0 unspecified atom stereocenters. The molecule has 2 aliphatic rings. The molecular formula is C21H20FN7OS. The summed E-state index contributed by atoms with van der Waals surface area (Å²) in [6, 6.07) is 7.04. The van der Waals surface area contributed by atoms with E-state index in [1.165, 1.54) is 11.3 Å². The summed E-state index contributed by atoms with van der Waals surface area (Å²) < 4.78 is 14.8. The molecule has 2 saturated heterocycles. The Morgan fingerprint density at radius 2 is 2.19 bits per heavy atom. The normalized spacial score (nSPS) is 24.7. The van der Waals surface area contributed by atoms with E-state index in [-0.39, 0.29) is 23.7 Å². The van der Waals surface area contributed by atoms with Gasteiger partial charge in [0, 0.05) is 30.1 Å². The van der Waals surface area contributed by atoms with E-state index in [0.29, 0.717) is 33.7 Å². The molecule has 2 aliphatic heterocycles. The molecule has 0 radical (unpaired) electrons. The number of phenols is 1. The first-order valence-corrected chi connectivity index (χ1v) is 10.9. The summed E-state index contributed by atoms with van der Waals surface area (Å²) in [7, 11) is 1.82. The van der Waals surface area contributed by atoms with E-state index < -0.39 is 6.17 Å². The maximum atomic E-state index is 14.8. The van der Waals surface area contributed by atoms with E-state index in [0.717, 1.165) is 19.3 Å². The smallest absolute Gasteiger partial charge is 0.194 e. The number of nitrogens with zero attached hydrogens (tertiary/aromatic N) is 6. The molecule has 8 nitrogen and oxygen atoms in total. The maximum Gasteiger partial charge on any atom is 0.194 e. The van der Waals surface area contributed by atoms with Crippen LogP contribution in [-0.4, -0.2) is 56.6 Å². The fourth-order valence-electron chi connectivity index (χ4n) is 4.41. The number of alkyl halides is 1. The number of phenolic OH excluding ortho intramolecular Hbond substituents is 1. The average Bonchev–Trinajstić information content (AvgIpc) is 3.43. The van der Waals surface area contributed by atoms with Crippen LogP contribution in [0.5, 0.6) is 5.75 Å². The number of aromatic nitrogens is 4. The summed E-state index contributed by atoms with van der Waals surface area (Å²) in [5.41, 5.74) is 1.75. The van der Waals surface area contributed by atoms with Crippen molar-refractivity contribution < 1.29 is 9.50 Å². The number of aromatic hydroxyl groups is 1. The largest absolute Gasteiger partial charge is 0.507 e. The highest BCUT2D eigenvalue weighted by molar-refractivity contribution is 7.10. The number of nitriles is 1. The Hall–Kier alpha value is -3.16. The van der Waals surface area contributed by atoms with Crippen molar-refractivity contribution in [3.05, 3.63) is 34.8 Å². The molecule has 3 aromatic rings. The lowest BCUT2D eigenvalue weighted by Crippen LogP contribution is -2.55. The quantitative estimate of drug-likeness (QED) is 0.641. The number of halogens is 1. The van der Waals surface area contributed by atoms with Crippen LogP contribution in [0.15, 0.2) is 29.8 Å². The van der Waals surface area contributed by atoms with Crippen molar-refractivity contribution in [3.8, 4) is 34.5 Å². The third kappa shape index (κ3) is 3.60. The van der Waals surface area contributed by atoms with E-state index in [1.54, 1.807) is 29.8 Å². The highest BCUT2D eigenvalue weighted by atomic mass is 32.1. The van der Waals surface area contributed by atoms with Crippen molar-refractivity contribution in [1.29, 1.82) is 5.26 Å². The number of fused-ring (bicyclic) bond motifs is 2. The Bertz CT molecular complexity index is 1150. The molecule has 4 heterocycles. The summed E-state index contributed by atoms with van der Waals surface area (Å²) in [5.74, 6) is 0.769. The minimum atomic E-state index is -0.964. The summed E-state index contributed by atoms with van der Waals surface area (Å²) in [5, 5.41) is 33.3. The first-order chi connectivity index (χ1) is 15.0. The van der Waals surface area contributed by atoms with Gasteiger partial charge in [0.15, 0.2) is 16.6 Å². The van der Waals surface area contributed by atoms with Crippen molar-refractivity contribution in [2.45, 2.75) is 43.6 Å². The van der Waals surface area contributed by atoms with E-state index >= 15 is 0 Å². The van der Waals surface area contributed by atoms with Gasteiger partial charge in [0.25, 0.3) is 0 Å². The first-order valence-electron chi connectivity index (χ1n) is 10.1. The molecular weight excluding hydrogens is 417 g/mol. The van der Waals surface area contributed by atoms with Crippen LogP contribution in [0, 0.1) is 11.3 Å². The highest BCUT2D eigenvalue weighted by Crippen LogP contribution is 2.34. The molecule has 4 atom stereocenters. The zero-order valence-electron chi connectivity index (χ0n) is 16.7. The number of benzene rings is 1. The molecule has 0 spiro atoms. The summed E-state index contributed by atoms with van der Waals surface area (Å²) in [6.45, 7) is 0. The van der Waals surface area contributed by atoms with Gasteiger partial charge >= 0.3 is 0 Å². The number of nitrogens with one attached hydrogen (secondary N) is 1. The van der Waals surface area contributed by atoms with Crippen LogP contribution in [0.3, 0.4) is 0 Å². The van der Waals surface area contributed by atoms with Crippen LogP contribution in [-0.2, 0) is 0 Å². The number of anilines is 1. The second kappa shape index (κ2) is 7.83. The molecule has 2 aromatic heterocycles. The minimum absolute atomic E-state index is 0.00864. The number of thiazole rings is 1. The molecule has 5 rings (SSSR count). The number of hydrogen-bond acceptors (Lipinski definition) is 9. The molecule has 2 fully saturated rings. The van der Waals surface area contributed by atoms with E-state index in [9.17, 15) is 9.50 Å². The van der Waals surface area contributed by atoms with Crippen LogP contribution in [0.2, 0.25) is 0 Å². The van der Waals surface area contributed by atoms with Crippen molar-refractivity contribution >= 4 is 17.2 Å². The Kier molecular flexibility index (Phi) is 5.00. The molecule has 2 bridgehead atoms.